The van der Waals surface area contributed by atoms with Crippen molar-refractivity contribution in [3.8, 4) is 6.07 Å². The van der Waals surface area contributed by atoms with Crippen molar-refractivity contribution in [2.75, 3.05) is 37.0 Å². The number of fused-ring (bicyclic) bond motifs is 1. The minimum Gasteiger partial charge on any atom is -0.378 e. The van der Waals surface area contributed by atoms with Crippen LogP contribution in [0.5, 0.6) is 0 Å². The zero-order valence-electron chi connectivity index (χ0n) is 17.4. The molecule has 0 saturated carbocycles. The summed E-state index contributed by atoms with van der Waals surface area (Å²) in [5.41, 5.74) is 3.06. The van der Waals surface area contributed by atoms with Gasteiger partial charge in [0.15, 0.2) is 0 Å². The standard InChI is InChI=1S/C23H26FN3O2S/c1-23(2)13-17-18(14-25)22(30-12-7-16-5-3-4-6-20(16)24)26-21(19(17)15-29-23)27-8-10-28-11-9-27/h3-6H,7-13,15H2,1-2H3. The van der Waals surface area contributed by atoms with E-state index in [2.05, 4.69) is 24.8 Å². The predicted octanol–water partition coefficient (Wildman–Crippen LogP) is 4.12. The van der Waals surface area contributed by atoms with Crippen LogP contribution in [-0.2, 0) is 28.9 Å². The highest BCUT2D eigenvalue weighted by Crippen LogP contribution is 2.38. The highest BCUT2D eigenvalue weighted by molar-refractivity contribution is 7.99. The molecule has 4 rings (SSSR count). The Morgan fingerprint density at radius 1 is 1.23 bits per heavy atom. The summed E-state index contributed by atoms with van der Waals surface area (Å²) in [6.45, 7) is 7.43. The van der Waals surface area contributed by atoms with Crippen LogP contribution in [0.15, 0.2) is 29.3 Å². The Morgan fingerprint density at radius 2 is 2.00 bits per heavy atom. The molecule has 0 spiro atoms. The molecule has 1 aromatic heterocycles. The first-order valence-corrected chi connectivity index (χ1v) is 11.3. The number of aromatic nitrogens is 1. The van der Waals surface area contributed by atoms with Gasteiger partial charge in [-0.05, 0) is 37.5 Å². The quantitative estimate of drug-likeness (QED) is 0.669. The number of hydrogen-bond donors (Lipinski definition) is 0. The van der Waals surface area contributed by atoms with E-state index in [0.717, 1.165) is 35.1 Å². The summed E-state index contributed by atoms with van der Waals surface area (Å²) in [7, 11) is 0. The van der Waals surface area contributed by atoms with Gasteiger partial charge >= 0.3 is 0 Å². The second kappa shape index (κ2) is 8.93. The van der Waals surface area contributed by atoms with E-state index in [-0.39, 0.29) is 11.4 Å². The number of nitriles is 1. The number of anilines is 1. The van der Waals surface area contributed by atoms with Gasteiger partial charge in [0.25, 0.3) is 0 Å². The average molecular weight is 428 g/mol. The van der Waals surface area contributed by atoms with Gasteiger partial charge in [-0.1, -0.05) is 18.2 Å². The smallest absolute Gasteiger partial charge is 0.135 e. The molecule has 158 valence electrons. The number of hydrogen-bond acceptors (Lipinski definition) is 6. The minimum atomic E-state index is -0.322. The molecule has 1 saturated heterocycles. The Bertz CT molecular complexity index is 968. The summed E-state index contributed by atoms with van der Waals surface area (Å²) in [4.78, 5) is 7.15. The predicted molar refractivity (Wildman–Crippen MR) is 115 cm³/mol. The Kier molecular flexibility index (Phi) is 6.28. The van der Waals surface area contributed by atoms with Crippen molar-refractivity contribution in [3.63, 3.8) is 0 Å². The fourth-order valence-corrected chi connectivity index (χ4v) is 4.92. The topological polar surface area (TPSA) is 58.4 Å². The Balaban J connectivity index is 1.66. The highest BCUT2D eigenvalue weighted by atomic mass is 32.2. The Labute approximate surface area is 181 Å². The number of benzene rings is 1. The normalized spacial score (nSPS) is 18.0. The van der Waals surface area contributed by atoms with Crippen molar-refractivity contribution < 1.29 is 13.9 Å². The monoisotopic (exact) mass is 427 g/mol. The first-order chi connectivity index (χ1) is 14.5. The molecule has 0 amide bonds. The van der Waals surface area contributed by atoms with Crippen molar-refractivity contribution in [3.05, 3.63) is 52.3 Å². The van der Waals surface area contributed by atoms with Gasteiger partial charge in [0.1, 0.15) is 22.7 Å². The number of nitrogens with zero attached hydrogens (tertiary/aromatic N) is 3. The van der Waals surface area contributed by atoms with Gasteiger partial charge in [0.2, 0.25) is 0 Å². The van der Waals surface area contributed by atoms with Gasteiger partial charge in [-0.2, -0.15) is 5.26 Å². The molecule has 0 N–H and O–H groups in total. The Morgan fingerprint density at radius 3 is 2.73 bits per heavy atom. The fraction of sp³-hybridized carbons (Fsp3) is 0.478. The zero-order chi connectivity index (χ0) is 21.1. The number of aryl methyl sites for hydroxylation is 1. The van der Waals surface area contributed by atoms with Crippen LogP contribution in [-0.4, -0.2) is 42.6 Å². The summed E-state index contributed by atoms with van der Waals surface area (Å²) in [5.74, 6) is 1.37. The van der Waals surface area contributed by atoms with E-state index in [1.165, 1.54) is 17.8 Å². The molecule has 2 aliphatic heterocycles. The summed E-state index contributed by atoms with van der Waals surface area (Å²) in [6, 6.07) is 9.23. The molecular weight excluding hydrogens is 401 g/mol. The summed E-state index contributed by atoms with van der Waals surface area (Å²) in [6.07, 6.45) is 1.26. The van der Waals surface area contributed by atoms with Crippen LogP contribution in [0.1, 0.15) is 36.1 Å². The van der Waals surface area contributed by atoms with Gasteiger partial charge in [-0.25, -0.2) is 9.37 Å². The third-order valence-corrected chi connectivity index (χ3v) is 6.53. The third kappa shape index (κ3) is 4.46. The van der Waals surface area contributed by atoms with Crippen LogP contribution < -0.4 is 4.90 Å². The second-order valence-corrected chi connectivity index (χ2v) is 9.28. The van der Waals surface area contributed by atoms with Gasteiger partial charge in [-0.15, -0.1) is 11.8 Å². The van der Waals surface area contributed by atoms with Crippen LogP contribution in [0.25, 0.3) is 0 Å². The molecule has 1 aromatic carbocycles. The van der Waals surface area contributed by atoms with E-state index in [0.29, 0.717) is 49.5 Å². The molecule has 2 aliphatic rings. The van der Waals surface area contributed by atoms with Gasteiger partial charge in [0, 0.05) is 30.8 Å². The number of morpholine rings is 1. The lowest BCUT2D eigenvalue weighted by molar-refractivity contribution is -0.0402. The maximum Gasteiger partial charge on any atom is 0.135 e. The van der Waals surface area contributed by atoms with Crippen molar-refractivity contribution in [2.24, 2.45) is 0 Å². The van der Waals surface area contributed by atoms with Crippen LogP contribution in [0.2, 0.25) is 0 Å². The van der Waals surface area contributed by atoms with Gasteiger partial charge in [-0.3, -0.25) is 0 Å². The maximum atomic E-state index is 14.0. The summed E-state index contributed by atoms with van der Waals surface area (Å²) in [5, 5.41) is 10.7. The highest BCUT2D eigenvalue weighted by Gasteiger charge is 2.33. The van der Waals surface area contributed by atoms with Crippen LogP contribution in [0, 0.1) is 17.1 Å². The first-order valence-electron chi connectivity index (χ1n) is 10.3. The molecule has 7 heteroatoms. The number of thioether (sulfide) groups is 1. The molecule has 3 heterocycles. The van der Waals surface area contributed by atoms with Crippen LogP contribution in [0.4, 0.5) is 10.2 Å². The molecule has 2 aromatic rings. The summed E-state index contributed by atoms with van der Waals surface area (Å²) >= 11 is 1.53. The SMILES string of the molecule is CC1(C)Cc2c(C#N)c(SCCc3ccccc3F)nc(N3CCOCC3)c2CO1. The third-order valence-electron chi connectivity index (χ3n) is 5.56. The number of rotatable bonds is 5. The number of pyridine rings is 1. The minimum absolute atomic E-state index is 0.190. The van der Waals surface area contributed by atoms with Crippen molar-refractivity contribution >= 4 is 17.6 Å². The first kappa shape index (κ1) is 21.1. The molecule has 1 fully saturated rings. The lowest BCUT2D eigenvalue weighted by Crippen LogP contribution is -2.39. The van der Waals surface area contributed by atoms with Crippen molar-refractivity contribution in [2.45, 2.75) is 43.9 Å². The van der Waals surface area contributed by atoms with Crippen LogP contribution >= 0.6 is 11.8 Å². The zero-order valence-corrected chi connectivity index (χ0v) is 18.2. The Hall–Kier alpha value is -2.14. The van der Waals surface area contributed by atoms with E-state index < -0.39 is 0 Å². The largest absolute Gasteiger partial charge is 0.378 e. The van der Waals surface area contributed by atoms with E-state index in [1.54, 1.807) is 12.1 Å². The molecule has 5 nitrogen and oxygen atoms in total. The number of ether oxygens (including phenoxy) is 2. The van der Waals surface area contributed by atoms with E-state index in [1.807, 2.05) is 6.07 Å². The summed E-state index contributed by atoms with van der Waals surface area (Å²) < 4.78 is 25.5. The molecule has 0 radical (unpaired) electrons. The molecule has 0 bridgehead atoms. The molecule has 30 heavy (non-hydrogen) atoms. The van der Waals surface area contributed by atoms with Gasteiger partial charge < -0.3 is 14.4 Å². The van der Waals surface area contributed by atoms with Crippen LogP contribution in [0.3, 0.4) is 0 Å². The lowest BCUT2D eigenvalue weighted by atomic mass is 9.89. The van der Waals surface area contributed by atoms with Gasteiger partial charge in [0.05, 0.1) is 31.0 Å². The fourth-order valence-electron chi connectivity index (χ4n) is 3.94. The van der Waals surface area contributed by atoms with Crippen molar-refractivity contribution in [1.29, 1.82) is 5.26 Å². The lowest BCUT2D eigenvalue weighted by Gasteiger charge is -2.36. The molecule has 0 atom stereocenters. The van der Waals surface area contributed by atoms with E-state index in [9.17, 15) is 9.65 Å². The number of halogens is 1. The molecule has 0 aliphatic carbocycles. The molecular formula is C23H26FN3O2S. The molecule has 0 unspecified atom stereocenters. The maximum absolute atomic E-state index is 14.0. The van der Waals surface area contributed by atoms with Crippen molar-refractivity contribution in [1.82, 2.24) is 4.98 Å². The van der Waals surface area contributed by atoms with E-state index >= 15 is 0 Å². The average Bonchev–Trinajstić information content (AvgIpc) is 2.74. The van der Waals surface area contributed by atoms with E-state index in [4.69, 9.17) is 14.5 Å². The second-order valence-electron chi connectivity index (χ2n) is 8.20.